The Morgan fingerprint density at radius 2 is 1.81 bits per heavy atom. The lowest BCUT2D eigenvalue weighted by Crippen LogP contribution is -2.03. The number of thioether (sulfide) groups is 1. The molecule has 2 aromatic carbocycles. The molecule has 0 spiro atoms. The second kappa shape index (κ2) is 6.83. The van der Waals surface area contributed by atoms with Crippen molar-refractivity contribution in [3.8, 4) is 0 Å². The summed E-state index contributed by atoms with van der Waals surface area (Å²) in [5.41, 5.74) is 8.36. The van der Waals surface area contributed by atoms with Gasteiger partial charge in [0.05, 0.1) is 0 Å². The van der Waals surface area contributed by atoms with Gasteiger partial charge in [-0.25, -0.2) is 0 Å². The van der Waals surface area contributed by atoms with E-state index in [4.69, 9.17) is 5.73 Å². The summed E-state index contributed by atoms with van der Waals surface area (Å²) in [6.45, 7) is 1.73. The number of rotatable bonds is 6. The van der Waals surface area contributed by atoms with Crippen LogP contribution in [0, 0.1) is 0 Å². The number of hydrogen-bond donors (Lipinski definition) is 1. The fourth-order valence-electron chi connectivity index (χ4n) is 2.63. The van der Waals surface area contributed by atoms with Crippen molar-refractivity contribution in [2.24, 2.45) is 5.73 Å². The van der Waals surface area contributed by atoms with E-state index in [2.05, 4.69) is 65.4 Å². The minimum Gasteiger partial charge on any atom is -0.347 e. The maximum atomic E-state index is 5.69. The molecule has 1 aromatic heterocycles. The number of hydrogen-bond acceptors (Lipinski definition) is 2. The molecule has 0 atom stereocenters. The van der Waals surface area contributed by atoms with Crippen molar-refractivity contribution in [3.63, 3.8) is 0 Å². The standard InChI is InChI=1S/C18H20N2S/c19-11-9-15-5-4-8-18-17(15)10-12-20(18)13-14-21-16-6-2-1-3-7-16/h1-8,10,12H,9,11,13-14,19H2. The Morgan fingerprint density at radius 3 is 2.62 bits per heavy atom. The van der Waals surface area contributed by atoms with Crippen molar-refractivity contribution in [1.82, 2.24) is 4.57 Å². The van der Waals surface area contributed by atoms with Gasteiger partial charge in [0.1, 0.15) is 0 Å². The molecule has 0 radical (unpaired) electrons. The second-order valence-corrected chi connectivity index (χ2v) is 6.23. The van der Waals surface area contributed by atoms with Crippen molar-refractivity contribution >= 4 is 22.7 Å². The topological polar surface area (TPSA) is 30.9 Å². The highest BCUT2D eigenvalue weighted by Gasteiger charge is 2.05. The summed E-state index contributed by atoms with van der Waals surface area (Å²) in [6, 6.07) is 19.3. The van der Waals surface area contributed by atoms with Crippen LogP contribution in [0.25, 0.3) is 10.9 Å². The SMILES string of the molecule is NCCc1cccc2c1ccn2CCSc1ccccc1. The molecule has 0 saturated heterocycles. The third-order valence-electron chi connectivity index (χ3n) is 3.66. The van der Waals surface area contributed by atoms with Gasteiger partial charge in [0.2, 0.25) is 0 Å². The van der Waals surface area contributed by atoms with Gasteiger partial charge in [-0.3, -0.25) is 0 Å². The highest BCUT2D eigenvalue weighted by Crippen LogP contribution is 2.22. The highest BCUT2D eigenvalue weighted by atomic mass is 32.2. The van der Waals surface area contributed by atoms with Crippen LogP contribution in [0.5, 0.6) is 0 Å². The van der Waals surface area contributed by atoms with E-state index in [1.807, 2.05) is 11.8 Å². The van der Waals surface area contributed by atoms with Crippen LogP contribution < -0.4 is 5.73 Å². The molecule has 2 nitrogen and oxygen atoms in total. The summed E-state index contributed by atoms with van der Waals surface area (Å²) in [5, 5.41) is 1.34. The fourth-order valence-corrected chi connectivity index (χ4v) is 3.51. The Balaban J connectivity index is 1.71. The van der Waals surface area contributed by atoms with E-state index < -0.39 is 0 Å². The molecule has 108 valence electrons. The molecule has 21 heavy (non-hydrogen) atoms. The smallest absolute Gasteiger partial charge is 0.0483 e. The molecular formula is C18H20N2S. The van der Waals surface area contributed by atoms with E-state index in [9.17, 15) is 0 Å². The molecule has 3 heteroatoms. The number of nitrogens with two attached hydrogens (primary N) is 1. The highest BCUT2D eigenvalue weighted by molar-refractivity contribution is 7.99. The average molecular weight is 296 g/mol. The van der Waals surface area contributed by atoms with Gasteiger partial charge in [-0.05, 0) is 42.8 Å². The lowest BCUT2D eigenvalue weighted by atomic mass is 10.1. The summed E-state index contributed by atoms with van der Waals surface area (Å²) >= 11 is 1.90. The van der Waals surface area contributed by atoms with Crippen LogP contribution in [0.3, 0.4) is 0 Å². The van der Waals surface area contributed by atoms with Gasteiger partial charge in [0, 0.05) is 34.3 Å². The lowest BCUT2D eigenvalue weighted by molar-refractivity contribution is 0.807. The van der Waals surface area contributed by atoms with Crippen LogP contribution in [0.1, 0.15) is 5.56 Å². The Morgan fingerprint density at radius 1 is 0.952 bits per heavy atom. The van der Waals surface area contributed by atoms with Crippen molar-refractivity contribution in [2.45, 2.75) is 17.9 Å². The number of nitrogens with zero attached hydrogens (tertiary/aromatic N) is 1. The van der Waals surface area contributed by atoms with Crippen LogP contribution in [-0.4, -0.2) is 16.9 Å². The van der Waals surface area contributed by atoms with E-state index in [1.54, 1.807) is 0 Å². The van der Waals surface area contributed by atoms with E-state index in [0.717, 1.165) is 18.7 Å². The van der Waals surface area contributed by atoms with E-state index in [0.29, 0.717) is 6.54 Å². The summed E-state index contributed by atoms with van der Waals surface area (Å²) < 4.78 is 2.34. The van der Waals surface area contributed by atoms with Gasteiger partial charge in [-0.1, -0.05) is 30.3 Å². The monoisotopic (exact) mass is 296 g/mol. The van der Waals surface area contributed by atoms with Gasteiger partial charge < -0.3 is 10.3 Å². The summed E-state index contributed by atoms with van der Waals surface area (Å²) in [7, 11) is 0. The van der Waals surface area contributed by atoms with E-state index in [-0.39, 0.29) is 0 Å². The van der Waals surface area contributed by atoms with Crippen LogP contribution in [0.15, 0.2) is 65.7 Å². The van der Waals surface area contributed by atoms with E-state index in [1.165, 1.54) is 21.4 Å². The Bertz CT molecular complexity index is 704. The zero-order valence-electron chi connectivity index (χ0n) is 12.0. The molecule has 3 rings (SSSR count). The van der Waals surface area contributed by atoms with Crippen molar-refractivity contribution in [2.75, 3.05) is 12.3 Å². The molecule has 0 aliphatic carbocycles. The van der Waals surface area contributed by atoms with Crippen molar-refractivity contribution < 1.29 is 0 Å². The predicted molar refractivity (Wildman–Crippen MR) is 91.9 cm³/mol. The summed E-state index contributed by atoms with van der Waals surface area (Å²) in [5.74, 6) is 1.08. The van der Waals surface area contributed by atoms with Crippen LogP contribution in [0.2, 0.25) is 0 Å². The largest absolute Gasteiger partial charge is 0.347 e. The normalized spacial score (nSPS) is 11.1. The number of aryl methyl sites for hydroxylation is 1. The number of aromatic nitrogens is 1. The molecular weight excluding hydrogens is 276 g/mol. The number of benzene rings is 2. The van der Waals surface area contributed by atoms with Gasteiger partial charge >= 0.3 is 0 Å². The van der Waals surface area contributed by atoms with Crippen molar-refractivity contribution in [1.29, 1.82) is 0 Å². The molecule has 0 unspecified atom stereocenters. The van der Waals surface area contributed by atoms with Gasteiger partial charge in [-0.15, -0.1) is 11.8 Å². The molecule has 0 amide bonds. The molecule has 0 saturated carbocycles. The molecule has 0 aliphatic heterocycles. The van der Waals surface area contributed by atoms with E-state index >= 15 is 0 Å². The first-order valence-electron chi connectivity index (χ1n) is 7.33. The van der Waals surface area contributed by atoms with Crippen molar-refractivity contribution in [3.05, 3.63) is 66.4 Å². The molecule has 0 aliphatic rings. The second-order valence-electron chi connectivity index (χ2n) is 5.06. The van der Waals surface area contributed by atoms with Crippen LogP contribution in [0.4, 0.5) is 0 Å². The molecule has 0 fully saturated rings. The maximum absolute atomic E-state index is 5.69. The summed E-state index contributed by atoms with van der Waals surface area (Å²) in [4.78, 5) is 1.33. The quantitative estimate of drug-likeness (QED) is 0.699. The van der Waals surface area contributed by atoms with Crippen LogP contribution in [-0.2, 0) is 13.0 Å². The fraction of sp³-hybridized carbons (Fsp3) is 0.222. The third kappa shape index (κ3) is 3.31. The average Bonchev–Trinajstić information content (AvgIpc) is 2.93. The molecule has 3 aromatic rings. The zero-order chi connectivity index (χ0) is 14.5. The lowest BCUT2D eigenvalue weighted by Gasteiger charge is -2.07. The minimum atomic E-state index is 0.703. The first-order chi connectivity index (χ1) is 10.4. The molecule has 1 heterocycles. The first kappa shape index (κ1) is 14.2. The zero-order valence-corrected chi connectivity index (χ0v) is 12.9. The maximum Gasteiger partial charge on any atom is 0.0483 e. The van der Waals surface area contributed by atoms with Gasteiger partial charge in [0.15, 0.2) is 0 Å². The number of fused-ring (bicyclic) bond motifs is 1. The Hall–Kier alpha value is -1.71. The first-order valence-corrected chi connectivity index (χ1v) is 8.31. The molecule has 0 bridgehead atoms. The third-order valence-corrected chi connectivity index (χ3v) is 4.65. The molecule has 2 N–H and O–H groups in total. The minimum absolute atomic E-state index is 0.703. The Kier molecular flexibility index (Phi) is 4.63. The van der Waals surface area contributed by atoms with Gasteiger partial charge in [-0.2, -0.15) is 0 Å². The van der Waals surface area contributed by atoms with Crippen LogP contribution >= 0.6 is 11.8 Å². The predicted octanol–water partition coefficient (Wildman–Crippen LogP) is 3.93. The van der Waals surface area contributed by atoms with Gasteiger partial charge in [0.25, 0.3) is 0 Å². The Labute approximate surface area is 130 Å². The summed E-state index contributed by atoms with van der Waals surface area (Å²) in [6.07, 6.45) is 3.14.